The molecule has 154 valence electrons. The highest BCUT2D eigenvalue weighted by molar-refractivity contribution is 5.60. The summed E-state index contributed by atoms with van der Waals surface area (Å²) in [7, 11) is 0. The number of ether oxygens (including phenoxy) is 1. The van der Waals surface area contributed by atoms with Crippen LogP contribution >= 0.6 is 0 Å². The van der Waals surface area contributed by atoms with Crippen LogP contribution in [0.1, 0.15) is 81.0 Å². The zero-order chi connectivity index (χ0) is 20.5. The lowest BCUT2D eigenvalue weighted by atomic mass is 9.83. The molecule has 2 aromatic rings. The molecule has 3 heteroatoms. The first-order valence-corrected chi connectivity index (χ1v) is 11.0. The Kier molecular flexibility index (Phi) is 5.58. The summed E-state index contributed by atoms with van der Waals surface area (Å²) in [6.07, 6.45) is 6.62. The largest absolute Gasteiger partial charge is 0.507 e. The molecule has 1 aliphatic carbocycles. The maximum absolute atomic E-state index is 10.9. The van der Waals surface area contributed by atoms with Crippen LogP contribution in [0.15, 0.2) is 42.0 Å². The monoisotopic (exact) mass is 391 g/mol. The average molecular weight is 392 g/mol. The number of aryl methyl sites for hydroxylation is 1. The van der Waals surface area contributed by atoms with Gasteiger partial charge in [0.15, 0.2) is 6.73 Å². The molecule has 29 heavy (non-hydrogen) atoms. The number of fused-ring (bicyclic) bond motifs is 1. The van der Waals surface area contributed by atoms with Crippen LogP contribution in [0.3, 0.4) is 0 Å². The van der Waals surface area contributed by atoms with Gasteiger partial charge in [0.1, 0.15) is 11.5 Å². The molecule has 0 fully saturated rings. The first kappa shape index (κ1) is 19.9. The minimum Gasteiger partial charge on any atom is -0.507 e. The summed E-state index contributed by atoms with van der Waals surface area (Å²) in [6.45, 7) is 10.1. The van der Waals surface area contributed by atoms with E-state index in [9.17, 15) is 5.11 Å². The summed E-state index contributed by atoms with van der Waals surface area (Å²) in [4.78, 5) is 2.29. The maximum Gasteiger partial charge on any atom is 0.161 e. The summed E-state index contributed by atoms with van der Waals surface area (Å²) in [5.74, 6) is 2.10. The van der Waals surface area contributed by atoms with Gasteiger partial charge in [-0.25, -0.2) is 0 Å². The first-order valence-electron chi connectivity index (χ1n) is 11.0. The molecule has 0 amide bonds. The topological polar surface area (TPSA) is 32.7 Å². The van der Waals surface area contributed by atoms with Crippen LogP contribution in [-0.2, 0) is 13.0 Å². The van der Waals surface area contributed by atoms with Crippen LogP contribution in [0.25, 0.3) is 0 Å². The van der Waals surface area contributed by atoms with Gasteiger partial charge in [-0.1, -0.05) is 44.6 Å². The fourth-order valence-corrected chi connectivity index (χ4v) is 4.72. The van der Waals surface area contributed by atoms with Crippen LogP contribution in [0.4, 0.5) is 5.69 Å². The maximum atomic E-state index is 10.9. The number of anilines is 1. The Balaban J connectivity index is 1.70. The van der Waals surface area contributed by atoms with E-state index in [1.807, 2.05) is 6.07 Å². The number of phenolic OH excluding ortho intramolecular Hbond substituents is 1. The van der Waals surface area contributed by atoms with Gasteiger partial charge in [-0.05, 0) is 67.9 Å². The van der Waals surface area contributed by atoms with Gasteiger partial charge in [-0.2, -0.15) is 0 Å². The lowest BCUT2D eigenvalue weighted by Gasteiger charge is -2.35. The Morgan fingerprint density at radius 1 is 1.21 bits per heavy atom. The van der Waals surface area contributed by atoms with E-state index in [4.69, 9.17) is 4.74 Å². The first-order chi connectivity index (χ1) is 14.0. The summed E-state index contributed by atoms with van der Waals surface area (Å²) >= 11 is 0. The van der Waals surface area contributed by atoms with Crippen molar-refractivity contribution in [3.8, 4) is 11.5 Å². The van der Waals surface area contributed by atoms with E-state index in [1.54, 1.807) is 0 Å². The molecule has 2 aliphatic rings. The summed E-state index contributed by atoms with van der Waals surface area (Å²) in [5.41, 5.74) is 7.36. The SMILES string of the molecule is CCc1cc(O)c(C2C=C(C)CCC2)c2c1CN(c1ccc(C(C)C)cc1)CO2. The predicted octanol–water partition coefficient (Wildman–Crippen LogP) is 6.65. The average Bonchev–Trinajstić information content (AvgIpc) is 2.73. The predicted molar refractivity (Wildman–Crippen MR) is 120 cm³/mol. The number of hydrogen-bond acceptors (Lipinski definition) is 3. The Hall–Kier alpha value is -2.42. The second kappa shape index (κ2) is 8.14. The van der Waals surface area contributed by atoms with Gasteiger partial charge in [0.05, 0.1) is 6.54 Å². The summed E-state index contributed by atoms with van der Waals surface area (Å²) in [6, 6.07) is 10.8. The number of benzene rings is 2. The smallest absolute Gasteiger partial charge is 0.161 e. The quantitative estimate of drug-likeness (QED) is 0.592. The van der Waals surface area contributed by atoms with Crippen molar-refractivity contribution < 1.29 is 9.84 Å². The van der Waals surface area contributed by atoms with Gasteiger partial charge in [-0.15, -0.1) is 0 Å². The van der Waals surface area contributed by atoms with Crippen molar-refractivity contribution in [2.45, 2.75) is 71.8 Å². The molecular weight excluding hydrogens is 358 g/mol. The third-order valence-corrected chi connectivity index (χ3v) is 6.46. The van der Waals surface area contributed by atoms with Crippen molar-refractivity contribution in [2.24, 2.45) is 0 Å². The molecule has 1 unspecified atom stereocenters. The van der Waals surface area contributed by atoms with Crippen molar-refractivity contribution in [3.05, 3.63) is 64.2 Å². The van der Waals surface area contributed by atoms with Crippen molar-refractivity contribution in [1.29, 1.82) is 0 Å². The van der Waals surface area contributed by atoms with Gasteiger partial charge in [-0.3, -0.25) is 0 Å². The molecule has 1 N–H and O–H groups in total. The highest BCUT2D eigenvalue weighted by Crippen LogP contribution is 2.46. The minimum atomic E-state index is 0.250. The second-order valence-corrected chi connectivity index (χ2v) is 8.86. The Morgan fingerprint density at radius 3 is 2.62 bits per heavy atom. The van der Waals surface area contributed by atoms with E-state index in [1.165, 1.54) is 34.4 Å². The Labute approximate surface area is 175 Å². The third kappa shape index (κ3) is 3.88. The van der Waals surface area contributed by atoms with Crippen molar-refractivity contribution in [3.63, 3.8) is 0 Å². The van der Waals surface area contributed by atoms with Crippen molar-refractivity contribution in [1.82, 2.24) is 0 Å². The van der Waals surface area contributed by atoms with Crippen molar-refractivity contribution >= 4 is 5.69 Å². The molecule has 0 saturated heterocycles. The third-order valence-electron chi connectivity index (χ3n) is 6.46. The number of nitrogens with zero attached hydrogens (tertiary/aromatic N) is 1. The Morgan fingerprint density at radius 2 is 1.97 bits per heavy atom. The molecule has 0 saturated carbocycles. The van der Waals surface area contributed by atoms with Gasteiger partial charge in [0, 0.05) is 22.7 Å². The zero-order valence-corrected chi connectivity index (χ0v) is 18.2. The molecule has 4 rings (SSSR count). The van der Waals surface area contributed by atoms with E-state index in [0.717, 1.165) is 37.1 Å². The summed E-state index contributed by atoms with van der Waals surface area (Å²) < 4.78 is 6.35. The van der Waals surface area contributed by atoms with Gasteiger partial charge in [0.2, 0.25) is 0 Å². The zero-order valence-electron chi connectivity index (χ0n) is 18.2. The van der Waals surface area contributed by atoms with Gasteiger partial charge in [0.25, 0.3) is 0 Å². The lowest BCUT2D eigenvalue weighted by Crippen LogP contribution is -2.33. The van der Waals surface area contributed by atoms with E-state index in [2.05, 4.69) is 62.9 Å². The molecule has 0 radical (unpaired) electrons. The van der Waals surface area contributed by atoms with Crippen LogP contribution < -0.4 is 9.64 Å². The highest BCUT2D eigenvalue weighted by atomic mass is 16.5. The lowest BCUT2D eigenvalue weighted by molar-refractivity contribution is 0.281. The number of phenols is 1. The van der Waals surface area contributed by atoms with Crippen LogP contribution in [0.5, 0.6) is 11.5 Å². The molecule has 0 aromatic heterocycles. The van der Waals surface area contributed by atoms with Crippen LogP contribution in [0, 0.1) is 0 Å². The van der Waals surface area contributed by atoms with E-state index >= 15 is 0 Å². The molecule has 0 bridgehead atoms. The molecule has 0 spiro atoms. The normalized spacial score (nSPS) is 19.0. The molecule has 1 atom stereocenters. The minimum absolute atomic E-state index is 0.250. The molecule has 1 aliphatic heterocycles. The van der Waals surface area contributed by atoms with E-state index < -0.39 is 0 Å². The second-order valence-electron chi connectivity index (χ2n) is 8.86. The number of hydrogen-bond donors (Lipinski definition) is 1. The van der Waals surface area contributed by atoms with Crippen LogP contribution in [0.2, 0.25) is 0 Å². The van der Waals surface area contributed by atoms with E-state index in [0.29, 0.717) is 18.4 Å². The van der Waals surface area contributed by atoms with Crippen molar-refractivity contribution in [2.75, 3.05) is 11.6 Å². The van der Waals surface area contributed by atoms with Gasteiger partial charge < -0.3 is 14.7 Å². The fraction of sp³-hybridized carbons (Fsp3) is 0.462. The Bertz CT molecular complexity index is 911. The highest BCUT2D eigenvalue weighted by Gasteiger charge is 2.29. The molecule has 3 nitrogen and oxygen atoms in total. The summed E-state index contributed by atoms with van der Waals surface area (Å²) in [5, 5.41) is 10.9. The number of allylic oxidation sites excluding steroid dienone is 2. The molecular formula is C26H33NO2. The molecule has 2 aromatic carbocycles. The molecule has 1 heterocycles. The number of aromatic hydroxyl groups is 1. The van der Waals surface area contributed by atoms with Gasteiger partial charge >= 0.3 is 0 Å². The number of rotatable bonds is 4. The van der Waals surface area contributed by atoms with E-state index in [-0.39, 0.29) is 5.92 Å². The standard InChI is InChI=1S/C26H33NO2/c1-5-19-14-24(28)25(21-8-6-7-18(4)13-21)26-23(19)15-27(16-29-26)22-11-9-20(10-12-22)17(2)3/h9-14,17,21,28H,5-8,15-16H2,1-4H3. The van der Waals surface area contributed by atoms with Crippen LogP contribution in [-0.4, -0.2) is 11.8 Å². The fourth-order valence-electron chi connectivity index (χ4n) is 4.72.